The Bertz CT molecular complexity index is 540. The van der Waals surface area contributed by atoms with E-state index in [4.69, 9.17) is 0 Å². The predicted molar refractivity (Wildman–Crippen MR) is 57.4 cm³/mol. The fraction of sp³-hybridized carbons (Fsp3) is 0.182. The van der Waals surface area contributed by atoms with Gasteiger partial charge >= 0.3 is 0 Å². The minimum Gasteiger partial charge on any atom is -0.277 e. The van der Waals surface area contributed by atoms with Crippen molar-refractivity contribution in [3.05, 3.63) is 36.0 Å². The van der Waals surface area contributed by atoms with Crippen molar-refractivity contribution in [2.75, 3.05) is 7.11 Å². The van der Waals surface area contributed by atoms with Gasteiger partial charge in [-0.25, -0.2) is 5.48 Å². The number of carbonyl (C=O) groups is 1. The molecule has 5 nitrogen and oxygen atoms in total. The van der Waals surface area contributed by atoms with Crippen molar-refractivity contribution in [1.29, 1.82) is 0 Å². The zero-order valence-corrected chi connectivity index (χ0v) is 9.10. The quantitative estimate of drug-likeness (QED) is 0.584. The number of nitrogens with one attached hydrogen (secondary N) is 1. The van der Waals surface area contributed by atoms with Gasteiger partial charge in [0.05, 0.1) is 7.11 Å². The summed E-state index contributed by atoms with van der Waals surface area (Å²) in [6.45, 7) is 0. The molecule has 5 heteroatoms. The molecule has 1 aromatic carbocycles. The van der Waals surface area contributed by atoms with Crippen LogP contribution in [0.1, 0.15) is 10.4 Å². The molecule has 1 heterocycles. The van der Waals surface area contributed by atoms with Gasteiger partial charge in [0.25, 0.3) is 5.91 Å². The number of benzene rings is 1. The maximum absolute atomic E-state index is 11.7. The standard InChI is InChI=1S/C11H11N3O2/c1-14-7-9(11(15)13-16-2)8-5-3-4-6-10(8)12-14/h3-7H,1-2H3/p+1. The lowest BCUT2D eigenvalue weighted by molar-refractivity contribution is -0.728. The Labute approximate surface area is 92.6 Å². The first-order valence-corrected chi connectivity index (χ1v) is 4.81. The minimum atomic E-state index is -0.281. The van der Waals surface area contributed by atoms with Crippen LogP contribution in [0, 0.1) is 0 Å². The van der Waals surface area contributed by atoms with Crippen LogP contribution < -0.4 is 10.2 Å². The largest absolute Gasteiger partial charge is 0.281 e. The van der Waals surface area contributed by atoms with Crippen molar-refractivity contribution in [2.24, 2.45) is 7.05 Å². The SMILES string of the molecule is CONC(=O)c1c[n+](C)nc2ccccc12. The smallest absolute Gasteiger partial charge is 0.277 e. The first-order chi connectivity index (χ1) is 7.72. The van der Waals surface area contributed by atoms with Gasteiger partial charge in [0.15, 0.2) is 7.05 Å². The van der Waals surface area contributed by atoms with Crippen molar-refractivity contribution in [3.8, 4) is 0 Å². The van der Waals surface area contributed by atoms with Crippen LogP contribution in [0.5, 0.6) is 0 Å². The highest BCUT2D eigenvalue weighted by atomic mass is 16.6. The molecule has 1 N–H and O–H groups in total. The molecule has 16 heavy (non-hydrogen) atoms. The second-order valence-electron chi connectivity index (χ2n) is 3.37. The van der Waals surface area contributed by atoms with Crippen molar-refractivity contribution in [3.63, 3.8) is 0 Å². The number of rotatable bonds is 2. The molecular formula is C11H12N3O2+. The van der Waals surface area contributed by atoms with Crippen LogP contribution in [0.15, 0.2) is 30.5 Å². The molecule has 0 aliphatic heterocycles. The molecular weight excluding hydrogens is 206 g/mol. The Morgan fingerprint density at radius 3 is 2.94 bits per heavy atom. The zero-order chi connectivity index (χ0) is 11.5. The van der Waals surface area contributed by atoms with Gasteiger partial charge in [0.2, 0.25) is 6.20 Å². The molecule has 0 aliphatic rings. The fourth-order valence-electron chi connectivity index (χ4n) is 1.57. The number of fused-ring (bicyclic) bond motifs is 1. The highest BCUT2D eigenvalue weighted by Crippen LogP contribution is 2.13. The summed E-state index contributed by atoms with van der Waals surface area (Å²) >= 11 is 0. The number of aryl methyl sites for hydroxylation is 1. The van der Waals surface area contributed by atoms with Crippen LogP contribution >= 0.6 is 0 Å². The molecule has 82 valence electrons. The fourth-order valence-corrected chi connectivity index (χ4v) is 1.57. The van der Waals surface area contributed by atoms with Gasteiger partial charge in [0, 0.05) is 5.39 Å². The number of hydrogen-bond donors (Lipinski definition) is 1. The third kappa shape index (κ3) is 1.85. The van der Waals surface area contributed by atoms with Gasteiger partial charge in [-0.2, -0.15) is 0 Å². The summed E-state index contributed by atoms with van der Waals surface area (Å²) in [5, 5.41) is 5.08. The maximum atomic E-state index is 11.7. The lowest BCUT2D eigenvalue weighted by Gasteiger charge is -2.03. The van der Waals surface area contributed by atoms with E-state index in [0.29, 0.717) is 5.56 Å². The number of carbonyl (C=O) groups excluding carboxylic acids is 1. The molecule has 0 bridgehead atoms. The average Bonchev–Trinajstić information content (AvgIpc) is 2.28. The molecule has 0 atom stereocenters. The first-order valence-electron chi connectivity index (χ1n) is 4.81. The van der Waals surface area contributed by atoms with E-state index in [-0.39, 0.29) is 5.91 Å². The Hall–Kier alpha value is -2.01. The van der Waals surface area contributed by atoms with Gasteiger partial charge in [-0.05, 0) is 11.2 Å². The van der Waals surface area contributed by atoms with Gasteiger partial charge < -0.3 is 0 Å². The molecule has 2 rings (SSSR count). The van der Waals surface area contributed by atoms with E-state index in [1.807, 2.05) is 24.3 Å². The molecule has 1 amide bonds. The molecule has 0 aliphatic carbocycles. The Morgan fingerprint density at radius 2 is 2.19 bits per heavy atom. The lowest BCUT2D eigenvalue weighted by atomic mass is 10.1. The van der Waals surface area contributed by atoms with E-state index in [1.54, 1.807) is 17.9 Å². The number of hydroxylamine groups is 1. The average molecular weight is 218 g/mol. The Kier molecular flexibility index (Phi) is 2.78. The first kappa shape index (κ1) is 10.5. The third-order valence-electron chi connectivity index (χ3n) is 2.22. The summed E-state index contributed by atoms with van der Waals surface area (Å²) in [6, 6.07) is 7.47. The zero-order valence-electron chi connectivity index (χ0n) is 9.10. The second kappa shape index (κ2) is 4.24. The van der Waals surface area contributed by atoms with Crippen LogP contribution in [0.2, 0.25) is 0 Å². The highest BCUT2D eigenvalue weighted by Gasteiger charge is 2.15. The minimum absolute atomic E-state index is 0.281. The van der Waals surface area contributed by atoms with E-state index < -0.39 is 0 Å². The Morgan fingerprint density at radius 1 is 1.44 bits per heavy atom. The summed E-state index contributed by atoms with van der Waals surface area (Å²) in [6.07, 6.45) is 1.66. The van der Waals surface area contributed by atoms with Crippen molar-refractivity contribution in [1.82, 2.24) is 10.6 Å². The summed E-state index contributed by atoms with van der Waals surface area (Å²) in [4.78, 5) is 16.4. The van der Waals surface area contributed by atoms with Gasteiger partial charge in [-0.1, -0.05) is 22.9 Å². The summed E-state index contributed by atoms with van der Waals surface area (Å²) in [7, 11) is 3.18. The monoisotopic (exact) mass is 218 g/mol. The van der Waals surface area contributed by atoms with E-state index >= 15 is 0 Å². The predicted octanol–water partition coefficient (Wildman–Crippen LogP) is 0.350. The molecule has 0 spiro atoms. The second-order valence-corrected chi connectivity index (χ2v) is 3.37. The van der Waals surface area contributed by atoms with E-state index in [1.165, 1.54) is 7.11 Å². The van der Waals surface area contributed by atoms with Crippen LogP contribution in [-0.2, 0) is 11.9 Å². The highest BCUT2D eigenvalue weighted by molar-refractivity contribution is 6.04. The summed E-state index contributed by atoms with van der Waals surface area (Å²) in [5.74, 6) is -0.281. The number of aromatic nitrogens is 2. The van der Waals surface area contributed by atoms with Crippen LogP contribution in [0.3, 0.4) is 0 Å². The van der Waals surface area contributed by atoms with E-state index in [2.05, 4.69) is 15.4 Å². The number of amides is 1. The third-order valence-corrected chi connectivity index (χ3v) is 2.22. The van der Waals surface area contributed by atoms with Crippen LogP contribution in [0.25, 0.3) is 10.9 Å². The molecule has 0 unspecified atom stereocenters. The molecule has 0 saturated heterocycles. The van der Waals surface area contributed by atoms with E-state index in [9.17, 15) is 4.79 Å². The van der Waals surface area contributed by atoms with Crippen LogP contribution in [0.4, 0.5) is 0 Å². The summed E-state index contributed by atoms with van der Waals surface area (Å²) in [5.41, 5.74) is 3.61. The molecule has 2 aromatic rings. The molecule has 0 fully saturated rings. The Balaban J connectivity index is 2.63. The molecule has 0 saturated carbocycles. The topological polar surface area (TPSA) is 55.1 Å². The lowest BCUT2D eigenvalue weighted by Crippen LogP contribution is -2.35. The molecule has 0 radical (unpaired) electrons. The van der Waals surface area contributed by atoms with Gasteiger partial charge in [-0.3, -0.25) is 9.63 Å². The van der Waals surface area contributed by atoms with Crippen LogP contribution in [-0.4, -0.2) is 18.1 Å². The van der Waals surface area contributed by atoms with Gasteiger partial charge in [0.1, 0.15) is 11.1 Å². The van der Waals surface area contributed by atoms with Crippen molar-refractivity contribution in [2.45, 2.75) is 0 Å². The van der Waals surface area contributed by atoms with Crippen molar-refractivity contribution >= 4 is 16.8 Å². The maximum Gasteiger partial charge on any atom is 0.281 e. The number of nitrogens with zero attached hydrogens (tertiary/aromatic N) is 2. The van der Waals surface area contributed by atoms with Gasteiger partial charge in [-0.15, -0.1) is 0 Å². The molecule has 1 aromatic heterocycles. The summed E-state index contributed by atoms with van der Waals surface area (Å²) < 4.78 is 1.60. The number of hydrogen-bond acceptors (Lipinski definition) is 3. The van der Waals surface area contributed by atoms with Crippen molar-refractivity contribution < 1.29 is 14.3 Å². The van der Waals surface area contributed by atoms with E-state index in [0.717, 1.165) is 10.9 Å². The normalized spacial score (nSPS) is 10.4.